The van der Waals surface area contributed by atoms with Gasteiger partial charge in [-0.05, 0) is 24.1 Å². The maximum atomic E-state index is 11.5. The standard InChI is InChI=1S/C14H14N4O/c1-9(2)12-7-13(19)18-14(17-12)16-11-5-3-4-10(6-11)8-15/h3-7,9H,1-2H3,(H2,16,17,18,19). The number of nitriles is 1. The molecule has 0 amide bonds. The highest BCUT2D eigenvalue weighted by Gasteiger charge is 2.05. The van der Waals surface area contributed by atoms with Crippen LogP contribution in [0.25, 0.3) is 0 Å². The largest absolute Gasteiger partial charge is 0.326 e. The number of hydrogen-bond acceptors (Lipinski definition) is 4. The highest BCUT2D eigenvalue weighted by atomic mass is 16.1. The molecule has 2 rings (SSSR count). The Morgan fingerprint density at radius 3 is 2.84 bits per heavy atom. The Labute approximate surface area is 110 Å². The van der Waals surface area contributed by atoms with Crippen molar-refractivity contribution >= 4 is 11.6 Å². The van der Waals surface area contributed by atoms with E-state index in [1.165, 1.54) is 6.07 Å². The van der Waals surface area contributed by atoms with E-state index < -0.39 is 0 Å². The van der Waals surface area contributed by atoms with Crippen molar-refractivity contribution in [1.29, 1.82) is 5.26 Å². The first-order valence-corrected chi connectivity index (χ1v) is 5.97. The molecule has 19 heavy (non-hydrogen) atoms. The fraction of sp³-hybridized carbons (Fsp3) is 0.214. The number of benzene rings is 1. The molecule has 2 N–H and O–H groups in total. The monoisotopic (exact) mass is 254 g/mol. The maximum Gasteiger partial charge on any atom is 0.252 e. The number of H-pyrrole nitrogens is 1. The van der Waals surface area contributed by atoms with Gasteiger partial charge in [0.05, 0.1) is 17.3 Å². The van der Waals surface area contributed by atoms with Gasteiger partial charge in [0.2, 0.25) is 5.95 Å². The van der Waals surface area contributed by atoms with Crippen molar-refractivity contribution in [2.45, 2.75) is 19.8 Å². The molecule has 5 heteroatoms. The minimum absolute atomic E-state index is 0.174. The fourth-order valence-electron chi connectivity index (χ4n) is 1.63. The lowest BCUT2D eigenvalue weighted by molar-refractivity contribution is 0.812. The van der Waals surface area contributed by atoms with Crippen LogP contribution in [0.2, 0.25) is 0 Å². The topological polar surface area (TPSA) is 81.6 Å². The van der Waals surface area contributed by atoms with Crippen molar-refractivity contribution in [3.63, 3.8) is 0 Å². The van der Waals surface area contributed by atoms with Crippen molar-refractivity contribution in [1.82, 2.24) is 9.97 Å². The molecule has 1 aromatic heterocycles. The van der Waals surface area contributed by atoms with Gasteiger partial charge in [-0.15, -0.1) is 0 Å². The van der Waals surface area contributed by atoms with Gasteiger partial charge in [0.1, 0.15) is 0 Å². The SMILES string of the molecule is CC(C)c1cc(=O)[nH]c(Nc2cccc(C#N)c2)n1. The van der Waals surface area contributed by atoms with Crippen molar-refractivity contribution in [2.24, 2.45) is 0 Å². The van der Waals surface area contributed by atoms with E-state index in [1.54, 1.807) is 18.2 Å². The molecule has 0 atom stereocenters. The second kappa shape index (κ2) is 5.36. The zero-order valence-corrected chi connectivity index (χ0v) is 10.8. The molecule has 1 heterocycles. The van der Waals surface area contributed by atoms with Crippen molar-refractivity contribution < 1.29 is 0 Å². The molecule has 0 saturated carbocycles. The lowest BCUT2D eigenvalue weighted by Crippen LogP contribution is -2.12. The van der Waals surface area contributed by atoms with Gasteiger partial charge in [-0.2, -0.15) is 5.26 Å². The van der Waals surface area contributed by atoms with Gasteiger partial charge < -0.3 is 5.32 Å². The van der Waals surface area contributed by atoms with Crippen LogP contribution in [0.1, 0.15) is 31.0 Å². The van der Waals surface area contributed by atoms with Crippen LogP contribution < -0.4 is 10.9 Å². The summed E-state index contributed by atoms with van der Waals surface area (Å²) in [6.07, 6.45) is 0. The maximum absolute atomic E-state index is 11.5. The first kappa shape index (κ1) is 12.8. The van der Waals surface area contributed by atoms with Gasteiger partial charge >= 0.3 is 0 Å². The van der Waals surface area contributed by atoms with E-state index in [-0.39, 0.29) is 11.5 Å². The second-order valence-corrected chi connectivity index (χ2v) is 4.49. The van der Waals surface area contributed by atoms with E-state index in [0.717, 1.165) is 5.69 Å². The Hall–Kier alpha value is -2.61. The summed E-state index contributed by atoms with van der Waals surface area (Å²) < 4.78 is 0. The van der Waals surface area contributed by atoms with Crippen LogP contribution >= 0.6 is 0 Å². The van der Waals surface area contributed by atoms with Crippen LogP contribution in [0.4, 0.5) is 11.6 Å². The van der Waals surface area contributed by atoms with Crippen LogP contribution in [-0.2, 0) is 0 Å². The van der Waals surface area contributed by atoms with Gasteiger partial charge in [0.25, 0.3) is 5.56 Å². The third-order valence-corrected chi connectivity index (χ3v) is 2.61. The Morgan fingerprint density at radius 2 is 2.16 bits per heavy atom. The molecular weight excluding hydrogens is 240 g/mol. The van der Waals surface area contributed by atoms with Crippen LogP contribution in [-0.4, -0.2) is 9.97 Å². The van der Waals surface area contributed by atoms with Crippen LogP contribution in [0.5, 0.6) is 0 Å². The first-order valence-electron chi connectivity index (χ1n) is 5.97. The van der Waals surface area contributed by atoms with Crippen molar-refractivity contribution in [3.8, 4) is 6.07 Å². The molecule has 0 aliphatic rings. The zero-order chi connectivity index (χ0) is 13.8. The molecule has 0 bridgehead atoms. The quantitative estimate of drug-likeness (QED) is 0.881. The summed E-state index contributed by atoms with van der Waals surface area (Å²) in [6, 6.07) is 10.5. The summed E-state index contributed by atoms with van der Waals surface area (Å²) >= 11 is 0. The van der Waals surface area contributed by atoms with Gasteiger partial charge in [0.15, 0.2) is 0 Å². The van der Waals surface area contributed by atoms with Crippen LogP contribution in [0.3, 0.4) is 0 Å². The summed E-state index contributed by atoms with van der Waals surface area (Å²) in [5.41, 5.74) is 1.79. The predicted octanol–water partition coefficient (Wildman–Crippen LogP) is 2.51. The van der Waals surface area contributed by atoms with Gasteiger partial charge in [-0.3, -0.25) is 9.78 Å². The number of anilines is 2. The third-order valence-electron chi connectivity index (χ3n) is 2.61. The Bertz CT molecular complexity index is 682. The molecule has 5 nitrogen and oxygen atoms in total. The summed E-state index contributed by atoms with van der Waals surface area (Å²) in [6.45, 7) is 3.95. The summed E-state index contributed by atoms with van der Waals surface area (Å²) in [5.74, 6) is 0.555. The predicted molar refractivity (Wildman–Crippen MR) is 73.4 cm³/mol. The van der Waals surface area contributed by atoms with Gasteiger partial charge in [-0.25, -0.2) is 4.98 Å². The lowest BCUT2D eigenvalue weighted by Gasteiger charge is -2.08. The molecule has 96 valence electrons. The van der Waals surface area contributed by atoms with Crippen LogP contribution in [0, 0.1) is 11.3 Å². The fourth-order valence-corrected chi connectivity index (χ4v) is 1.63. The number of nitrogens with zero attached hydrogens (tertiary/aromatic N) is 2. The van der Waals surface area contributed by atoms with E-state index in [2.05, 4.69) is 21.4 Å². The van der Waals surface area contributed by atoms with Gasteiger partial charge in [-0.1, -0.05) is 19.9 Å². The molecular formula is C14H14N4O. The molecule has 1 aromatic carbocycles. The molecule has 0 spiro atoms. The molecule has 2 aromatic rings. The molecule has 0 fully saturated rings. The Balaban J connectivity index is 2.33. The van der Waals surface area contributed by atoms with Gasteiger partial charge in [0, 0.05) is 11.8 Å². The summed E-state index contributed by atoms with van der Waals surface area (Å²) in [4.78, 5) is 18.5. The molecule has 0 radical (unpaired) electrons. The number of aromatic nitrogens is 2. The van der Waals surface area contributed by atoms with Crippen molar-refractivity contribution in [3.05, 3.63) is 51.9 Å². The highest BCUT2D eigenvalue weighted by molar-refractivity contribution is 5.56. The smallest absolute Gasteiger partial charge is 0.252 e. The average Bonchev–Trinajstić information content (AvgIpc) is 2.38. The molecule has 0 aliphatic heterocycles. The number of hydrogen-bond donors (Lipinski definition) is 2. The highest BCUT2D eigenvalue weighted by Crippen LogP contribution is 2.15. The van der Waals surface area contributed by atoms with E-state index >= 15 is 0 Å². The lowest BCUT2D eigenvalue weighted by atomic mass is 10.1. The van der Waals surface area contributed by atoms with E-state index in [0.29, 0.717) is 17.2 Å². The van der Waals surface area contributed by atoms with Crippen molar-refractivity contribution in [2.75, 3.05) is 5.32 Å². The first-order chi connectivity index (χ1) is 9.08. The number of nitrogens with one attached hydrogen (secondary N) is 2. The second-order valence-electron chi connectivity index (χ2n) is 4.49. The molecule has 0 saturated heterocycles. The van der Waals surface area contributed by atoms with E-state index in [9.17, 15) is 4.79 Å². The Kier molecular flexibility index (Phi) is 3.62. The summed E-state index contributed by atoms with van der Waals surface area (Å²) in [5, 5.41) is 11.8. The zero-order valence-electron chi connectivity index (χ0n) is 10.8. The van der Waals surface area contributed by atoms with Crippen LogP contribution in [0.15, 0.2) is 35.1 Å². The molecule has 0 aliphatic carbocycles. The minimum Gasteiger partial charge on any atom is -0.326 e. The van der Waals surface area contributed by atoms with E-state index in [4.69, 9.17) is 5.26 Å². The summed E-state index contributed by atoms with van der Waals surface area (Å²) in [7, 11) is 0. The average molecular weight is 254 g/mol. The van der Waals surface area contributed by atoms with E-state index in [1.807, 2.05) is 19.9 Å². The number of aromatic amines is 1. The minimum atomic E-state index is -0.197. The number of rotatable bonds is 3. The normalized spacial score (nSPS) is 10.2. The Morgan fingerprint density at radius 1 is 1.37 bits per heavy atom. The molecule has 0 unspecified atom stereocenters. The third kappa shape index (κ3) is 3.19.